The van der Waals surface area contributed by atoms with Crippen LogP contribution in [0.15, 0.2) is 24.3 Å². The molecule has 5 heteroatoms. The van der Waals surface area contributed by atoms with Crippen LogP contribution in [0.2, 0.25) is 0 Å². The number of carbonyl (C=O) groups is 1. The summed E-state index contributed by atoms with van der Waals surface area (Å²) in [5.74, 6) is -0.142. The number of carbonyl (C=O) groups excluding carboxylic acids is 1. The van der Waals surface area contributed by atoms with E-state index in [0.29, 0.717) is 5.56 Å². The lowest BCUT2D eigenvalue weighted by molar-refractivity contribution is -0.117. The fourth-order valence-corrected chi connectivity index (χ4v) is 1.77. The van der Waals surface area contributed by atoms with Crippen LogP contribution >= 0.6 is 0 Å². The minimum Gasteiger partial charge on any atom is -0.378 e. The molecule has 0 aliphatic heterocycles. The number of nitrogens with zero attached hydrogens (tertiary/aromatic N) is 1. The largest absolute Gasteiger partial charge is 0.378 e. The van der Waals surface area contributed by atoms with E-state index in [0.717, 1.165) is 5.69 Å². The topological polar surface area (TPSA) is 50.8 Å². The second-order valence-corrected chi connectivity index (χ2v) is 4.54. The van der Waals surface area contributed by atoms with Gasteiger partial charge in [-0.3, -0.25) is 4.79 Å². The van der Waals surface area contributed by atoms with E-state index in [2.05, 4.69) is 5.32 Å². The number of benzene rings is 1. The monoisotopic (exact) mass is 266 g/mol. The van der Waals surface area contributed by atoms with Gasteiger partial charge in [-0.2, -0.15) is 0 Å². The van der Waals surface area contributed by atoms with Crippen LogP contribution in [-0.4, -0.2) is 46.6 Å². The van der Waals surface area contributed by atoms with Crippen LogP contribution in [0.5, 0.6) is 0 Å². The van der Waals surface area contributed by atoms with Crippen LogP contribution in [0.1, 0.15) is 17.3 Å². The minimum absolute atomic E-state index is 0.142. The van der Waals surface area contributed by atoms with Gasteiger partial charge >= 0.3 is 0 Å². The fourth-order valence-electron chi connectivity index (χ4n) is 1.77. The Hall–Kier alpha value is -1.59. The van der Waals surface area contributed by atoms with E-state index in [-0.39, 0.29) is 11.9 Å². The van der Waals surface area contributed by atoms with E-state index >= 15 is 0 Å². The Labute approximate surface area is 114 Å². The van der Waals surface area contributed by atoms with Crippen molar-refractivity contribution in [2.45, 2.75) is 19.3 Å². The molecular formula is C14H22N2O3. The molecule has 1 aromatic carbocycles. The third-order valence-corrected chi connectivity index (χ3v) is 2.88. The molecule has 19 heavy (non-hydrogen) atoms. The molecule has 0 fully saturated rings. The molecule has 0 spiro atoms. The number of methoxy groups -OCH3 is 2. The highest BCUT2D eigenvalue weighted by Crippen LogP contribution is 2.12. The summed E-state index contributed by atoms with van der Waals surface area (Å²) in [4.78, 5) is 14.0. The van der Waals surface area contributed by atoms with E-state index in [9.17, 15) is 4.79 Å². The molecule has 1 rings (SSSR count). The van der Waals surface area contributed by atoms with Crippen molar-refractivity contribution < 1.29 is 14.3 Å². The maximum atomic E-state index is 12.0. The van der Waals surface area contributed by atoms with Gasteiger partial charge in [0.1, 0.15) is 0 Å². The molecular weight excluding hydrogens is 244 g/mol. The molecule has 0 aliphatic rings. The summed E-state index contributed by atoms with van der Waals surface area (Å²) in [5, 5.41) is 2.84. The molecule has 106 valence electrons. The standard InChI is InChI=1S/C14H22N2O3/c1-10(14(18-4)19-5)15-13(17)11-6-8-12(9-7-11)16(2)3/h6-10,14H,1-5H3,(H,15,17). The van der Waals surface area contributed by atoms with E-state index in [1.165, 1.54) is 0 Å². The molecule has 1 aromatic rings. The van der Waals surface area contributed by atoms with Crippen LogP contribution in [0.25, 0.3) is 0 Å². The van der Waals surface area contributed by atoms with Gasteiger partial charge in [-0.15, -0.1) is 0 Å². The first-order valence-corrected chi connectivity index (χ1v) is 6.13. The van der Waals surface area contributed by atoms with Crippen molar-refractivity contribution in [3.05, 3.63) is 29.8 Å². The Morgan fingerprint density at radius 3 is 2.11 bits per heavy atom. The zero-order valence-corrected chi connectivity index (χ0v) is 12.1. The van der Waals surface area contributed by atoms with Gasteiger partial charge in [0, 0.05) is 39.6 Å². The summed E-state index contributed by atoms with van der Waals surface area (Å²) in [6.45, 7) is 1.84. The SMILES string of the molecule is COC(OC)C(C)NC(=O)c1ccc(N(C)C)cc1. The Morgan fingerprint density at radius 2 is 1.68 bits per heavy atom. The van der Waals surface area contributed by atoms with Crippen molar-refractivity contribution in [2.75, 3.05) is 33.2 Å². The lowest BCUT2D eigenvalue weighted by Gasteiger charge is -2.22. The molecule has 5 nitrogen and oxygen atoms in total. The molecule has 0 bridgehead atoms. The van der Waals surface area contributed by atoms with Gasteiger partial charge in [0.15, 0.2) is 6.29 Å². The highest BCUT2D eigenvalue weighted by Gasteiger charge is 2.18. The maximum absolute atomic E-state index is 12.0. The smallest absolute Gasteiger partial charge is 0.251 e. The Kier molecular flexibility index (Phi) is 5.79. The lowest BCUT2D eigenvalue weighted by atomic mass is 10.1. The van der Waals surface area contributed by atoms with Crippen LogP contribution in [0, 0.1) is 0 Å². The van der Waals surface area contributed by atoms with Gasteiger partial charge in [0.2, 0.25) is 0 Å². The number of anilines is 1. The van der Waals surface area contributed by atoms with Gasteiger partial charge in [0.05, 0.1) is 6.04 Å². The van der Waals surface area contributed by atoms with Gasteiger partial charge in [-0.05, 0) is 31.2 Å². The number of hydrogen-bond donors (Lipinski definition) is 1. The molecule has 0 saturated heterocycles. The molecule has 0 aromatic heterocycles. The van der Waals surface area contributed by atoms with Crippen molar-refractivity contribution in [1.82, 2.24) is 5.32 Å². The molecule has 1 unspecified atom stereocenters. The minimum atomic E-state index is -0.454. The number of rotatable bonds is 6. The summed E-state index contributed by atoms with van der Waals surface area (Å²) in [6.07, 6.45) is -0.454. The van der Waals surface area contributed by atoms with Gasteiger partial charge in [0.25, 0.3) is 5.91 Å². The van der Waals surface area contributed by atoms with Crippen molar-refractivity contribution in [2.24, 2.45) is 0 Å². The molecule has 0 saturated carbocycles. The third kappa shape index (κ3) is 4.22. The predicted molar refractivity (Wildman–Crippen MR) is 75.5 cm³/mol. The normalized spacial score (nSPS) is 12.3. The molecule has 0 heterocycles. The van der Waals surface area contributed by atoms with E-state index in [1.54, 1.807) is 26.4 Å². The van der Waals surface area contributed by atoms with Crippen molar-refractivity contribution in [1.29, 1.82) is 0 Å². The Balaban J connectivity index is 2.67. The lowest BCUT2D eigenvalue weighted by Crippen LogP contribution is -2.42. The fraction of sp³-hybridized carbons (Fsp3) is 0.500. The molecule has 0 aliphatic carbocycles. The highest BCUT2D eigenvalue weighted by atomic mass is 16.7. The summed E-state index contributed by atoms with van der Waals surface area (Å²) in [5.41, 5.74) is 1.67. The second-order valence-electron chi connectivity index (χ2n) is 4.54. The van der Waals surface area contributed by atoms with E-state index in [4.69, 9.17) is 9.47 Å². The van der Waals surface area contributed by atoms with E-state index < -0.39 is 6.29 Å². The average Bonchev–Trinajstić information content (AvgIpc) is 2.40. The first-order valence-electron chi connectivity index (χ1n) is 6.13. The van der Waals surface area contributed by atoms with Gasteiger partial charge in [-0.25, -0.2) is 0 Å². The van der Waals surface area contributed by atoms with Crippen molar-refractivity contribution >= 4 is 11.6 Å². The number of nitrogens with one attached hydrogen (secondary N) is 1. The number of amides is 1. The first kappa shape index (κ1) is 15.5. The molecule has 1 N–H and O–H groups in total. The number of hydrogen-bond acceptors (Lipinski definition) is 4. The predicted octanol–water partition coefficient (Wildman–Crippen LogP) is 1.49. The average molecular weight is 266 g/mol. The summed E-state index contributed by atoms with van der Waals surface area (Å²) in [7, 11) is 7.00. The molecule has 0 radical (unpaired) electrons. The van der Waals surface area contributed by atoms with Crippen molar-refractivity contribution in [3.8, 4) is 0 Å². The molecule has 1 atom stereocenters. The second kappa shape index (κ2) is 7.11. The summed E-state index contributed by atoms with van der Waals surface area (Å²) in [6, 6.07) is 7.18. The van der Waals surface area contributed by atoms with Crippen LogP contribution in [0.3, 0.4) is 0 Å². The zero-order chi connectivity index (χ0) is 14.4. The van der Waals surface area contributed by atoms with Crippen LogP contribution < -0.4 is 10.2 Å². The van der Waals surface area contributed by atoms with Crippen LogP contribution in [0.4, 0.5) is 5.69 Å². The molecule has 1 amide bonds. The maximum Gasteiger partial charge on any atom is 0.251 e. The third-order valence-electron chi connectivity index (χ3n) is 2.88. The summed E-state index contributed by atoms with van der Waals surface area (Å²) < 4.78 is 10.2. The van der Waals surface area contributed by atoms with Crippen LogP contribution in [-0.2, 0) is 9.47 Å². The number of ether oxygens (including phenoxy) is 2. The zero-order valence-electron chi connectivity index (χ0n) is 12.1. The first-order chi connectivity index (χ1) is 8.99. The summed E-state index contributed by atoms with van der Waals surface area (Å²) >= 11 is 0. The Bertz CT molecular complexity index is 400. The van der Waals surface area contributed by atoms with Crippen molar-refractivity contribution in [3.63, 3.8) is 0 Å². The van der Waals surface area contributed by atoms with E-state index in [1.807, 2.05) is 38.1 Å². The van der Waals surface area contributed by atoms with Gasteiger partial charge < -0.3 is 19.7 Å². The highest BCUT2D eigenvalue weighted by molar-refractivity contribution is 5.94. The quantitative estimate of drug-likeness (QED) is 0.793. The van der Waals surface area contributed by atoms with Gasteiger partial charge in [-0.1, -0.05) is 0 Å². The Morgan fingerprint density at radius 1 is 1.16 bits per heavy atom.